The molecule has 0 bridgehead atoms. The smallest absolute Gasteiger partial charge is 0.0697 e. The summed E-state index contributed by atoms with van der Waals surface area (Å²) >= 11 is 0. The average Bonchev–Trinajstić information content (AvgIpc) is 3.11. The van der Waals surface area contributed by atoms with Gasteiger partial charge in [0.05, 0.1) is 17.9 Å². The second kappa shape index (κ2) is 7.37. The third-order valence-corrected chi connectivity index (χ3v) is 5.98. The summed E-state index contributed by atoms with van der Waals surface area (Å²) in [6.07, 6.45) is 8.09. The molecule has 3 rings (SSSR count). The van der Waals surface area contributed by atoms with Crippen LogP contribution in [0.2, 0.25) is 0 Å². The van der Waals surface area contributed by atoms with Crippen molar-refractivity contribution in [2.75, 3.05) is 40.8 Å². The number of ether oxygens (including phenoxy) is 1. The van der Waals surface area contributed by atoms with Crippen LogP contribution in [0.4, 0.5) is 0 Å². The molecule has 25 heavy (non-hydrogen) atoms. The standard InChI is InChI=1S/C20H36N4O/c1-19(2)14-20(25-15-19)8-6-16(7-9-20)18-17(12-21-22-18)13-24(5)11-10-23(3)4/h12,16H,6-11,13-15H2,1-5H3,(H,21,22)/t16-,20-. The molecule has 2 fully saturated rings. The molecule has 0 radical (unpaired) electrons. The molecule has 1 saturated heterocycles. The Morgan fingerprint density at radius 3 is 2.52 bits per heavy atom. The van der Waals surface area contributed by atoms with Crippen LogP contribution < -0.4 is 0 Å². The molecular formula is C20H36N4O. The number of likely N-dealkylation sites (N-methyl/N-ethyl adjacent to an activating group) is 2. The fraction of sp³-hybridized carbons (Fsp3) is 0.850. The molecule has 5 nitrogen and oxygen atoms in total. The Hall–Kier alpha value is -0.910. The summed E-state index contributed by atoms with van der Waals surface area (Å²) in [7, 11) is 6.45. The SMILES string of the molecule is CN(C)CCN(C)Cc1c[nH]nc1[C@H]1CC[C@]2(CC1)CC(C)(C)CO2. The minimum Gasteiger partial charge on any atom is -0.374 e. The zero-order chi connectivity index (χ0) is 18.1. The third kappa shape index (κ3) is 4.63. The van der Waals surface area contributed by atoms with Gasteiger partial charge in [-0.2, -0.15) is 5.10 Å². The Labute approximate surface area is 153 Å². The quantitative estimate of drug-likeness (QED) is 0.857. The van der Waals surface area contributed by atoms with Crippen molar-refractivity contribution in [3.05, 3.63) is 17.5 Å². The van der Waals surface area contributed by atoms with E-state index in [-0.39, 0.29) is 5.60 Å². The summed E-state index contributed by atoms with van der Waals surface area (Å²) in [5.74, 6) is 0.585. The van der Waals surface area contributed by atoms with E-state index in [9.17, 15) is 0 Å². The predicted molar refractivity (Wildman–Crippen MR) is 102 cm³/mol. The maximum atomic E-state index is 6.27. The van der Waals surface area contributed by atoms with Gasteiger partial charge in [0.2, 0.25) is 0 Å². The second-order valence-corrected chi connectivity index (χ2v) is 9.42. The van der Waals surface area contributed by atoms with Crippen LogP contribution in [0, 0.1) is 5.41 Å². The van der Waals surface area contributed by atoms with Crippen LogP contribution in [-0.2, 0) is 11.3 Å². The van der Waals surface area contributed by atoms with Crippen molar-refractivity contribution in [2.45, 2.75) is 64.0 Å². The Morgan fingerprint density at radius 1 is 1.20 bits per heavy atom. The van der Waals surface area contributed by atoms with Crippen molar-refractivity contribution < 1.29 is 4.74 Å². The summed E-state index contributed by atoms with van der Waals surface area (Å²) in [6.45, 7) is 8.73. The lowest BCUT2D eigenvalue weighted by Crippen LogP contribution is -2.34. The van der Waals surface area contributed by atoms with Gasteiger partial charge in [-0.05, 0) is 58.7 Å². The van der Waals surface area contributed by atoms with Gasteiger partial charge in [-0.1, -0.05) is 13.8 Å². The molecule has 1 aliphatic carbocycles. The maximum absolute atomic E-state index is 6.27. The molecule has 5 heteroatoms. The maximum Gasteiger partial charge on any atom is 0.0697 e. The summed E-state index contributed by atoms with van der Waals surface area (Å²) in [4.78, 5) is 4.62. The minimum atomic E-state index is 0.152. The highest BCUT2D eigenvalue weighted by molar-refractivity contribution is 5.22. The van der Waals surface area contributed by atoms with Crippen LogP contribution in [0.5, 0.6) is 0 Å². The highest BCUT2D eigenvalue weighted by Crippen LogP contribution is 2.49. The predicted octanol–water partition coefficient (Wildman–Crippen LogP) is 3.25. The van der Waals surface area contributed by atoms with Gasteiger partial charge in [0.1, 0.15) is 0 Å². The molecule has 1 aromatic rings. The molecule has 0 amide bonds. The number of nitrogens with one attached hydrogen (secondary N) is 1. The fourth-order valence-electron chi connectivity index (χ4n) is 4.61. The highest BCUT2D eigenvalue weighted by Gasteiger charge is 2.46. The number of hydrogen-bond acceptors (Lipinski definition) is 4. The largest absolute Gasteiger partial charge is 0.374 e. The van der Waals surface area contributed by atoms with E-state index in [4.69, 9.17) is 4.74 Å². The van der Waals surface area contributed by atoms with Crippen LogP contribution >= 0.6 is 0 Å². The molecule has 0 unspecified atom stereocenters. The Kier molecular flexibility index (Phi) is 5.57. The number of rotatable bonds is 6. The Balaban J connectivity index is 1.57. The van der Waals surface area contributed by atoms with E-state index in [1.807, 2.05) is 0 Å². The summed E-state index contributed by atoms with van der Waals surface area (Å²) in [5.41, 5.74) is 3.16. The number of H-pyrrole nitrogens is 1. The number of aromatic amines is 1. The number of nitrogens with zero attached hydrogens (tertiary/aromatic N) is 3. The van der Waals surface area contributed by atoms with Gasteiger partial charge < -0.3 is 14.5 Å². The van der Waals surface area contributed by atoms with E-state index < -0.39 is 0 Å². The Bertz CT molecular complexity index is 558. The van der Waals surface area contributed by atoms with Crippen molar-refractivity contribution in [1.29, 1.82) is 0 Å². The highest BCUT2D eigenvalue weighted by atomic mass is 16.5. The molecule has 0 aromatic carbocycles. The van der Waals surface area contributed by atoms with E-state index in [2.05, 4.69) is 61.2 Å². The zero-order valence-corrected chi connectivity index (χ0v) is 16.8. The van der Waals surface area contributed by atoms with Crippen molar-refractivity contribution in [3.63, 3.8) is 0 Å². The van der Waals surface area contributed by atoms with Gasteiger partial charge >= 0.3 is 0 Å². The molecule has 142 valence electrons. The summed E-state index contributed by atoms with van der Waals surface area (Å²) in [5, 5.41) is 7.75. The van der Waals surface area contributed by atoms with Gasteiger partial charge in [-0.25, -0.2) is 0 Å². The van der Waals surface area contributed by atoms with Crippen LogP contribution in [-0.4, -0.2) is 66.4 Å². The first kappa shape index (κ1) is 18.9. The zero-order valence-electron chi connectivity index (χ0n) is 16.8. The molecule has 1 aromatic heterocycles. The Morgan fingerprint density at radius 2 is 1.92 bits per heavy atom. The molecule has 1 spiro atoms. The van der Waals surface area contributed by atoms with E-state index >= 15 is 0 Å². The molecule has 1 aliphatic heterocycles. The van der Waals surface area contributed by atoms with E-state index in [0.717, 1.165) is 26.2 Å². The first-order chi connectivity index (χ1) is 11.8. The van der Waals surface area contributed by atoms with Gasteiger partial charge in [0, 0.05) is 37.3 Å². The lowest BCUT2D eigenvalue weighted by molar-refractivity contribution is -0.0296. The van der Waals surface area contributed by atoms with Gasteiger partial charge in [0.25, 0.3) is 0 Å². The van der Waals surface area contributed by atoms with E-state index in [1.54, 1.807) is 0 Å². The van der Waals surface area contributed by atoms with Crippen LogP contribution in [0.15, 0.2) is 6.20 Å². The summed E-state index contributed by atoms with van der Waals surface area (Å²) < 4.78 is 6.27. The normalized spacial score (nSPS) is 29.2. The van der Waals surface area contributed by atoms with Crippen LogP contribution in [0.3, 0.4) is 0 Å². The monoisotopic (exact) mass is 348 g/mol. The lowest BCUT2D eigenvalue weighted by Gasteiger charge is -2.37. The topological polar surface area (TPSA) is 44.4 Å². The van der Waals surface area contributed by atoms with Gasteiger partial charge in [-0.15, -0.1) is 0 Å². The van der Waals surface area contributed by atoms with Crippen LogP contribution in [0.25, 0.3) is 0 Å². The second-order valence-electron chi connectivity index (χ2n) is 9.42. The molecule has 2 heterocycles. The van der Waals surface area contributed by atoms with Gasteiger partial charge in [0.15, 0.2) is 0 Å². The average molecular weight is 349 g/mol. The fourth-order valence-corrected chi connectivity index (χ4v) is 4.61. The first-order valence-electron chi connectivity index (χ1n) is 9.78. The molecular weight excluding hydrogens is 312 g/mol. The molecule has 1 saturated carbocycles. The molecule has 2 aliphatic rings. The van der Waals surface area contributed by atoms with Crippen LogP contribution in [0.1, 0.15) is 63.1 Å². The lowest BCUT2D eigenvalue weighted by atomic mass is 9.72. The third-order valence-electron chi connectivity index (χ3n) is 5.98. The van der Waals surface area contributed by atoms with E-state index in [1.165, 1.54) is 43.4 Å². The van der Waals surface area contributed by atoms with Crippen molar-refractivity contribution in [2.24, 2.45) is 5.41 Å². The van der Waals surface area contributed by atoms with Crippen molar-refractivity contribution in [1.82, 2.24) is 20.0 Å². The number of hydrogen-bond donors (Lipinski definition) is 1. The molecule has 0 atom stereocenters. The van der Waals surface area contributed by atoms with Gasteiger partial charge in [-0.3, -0.25) is 5.10 Å². The number of aromatic nitrogens is 2. The van der Waals surface area contributed by atoms with Crippen molar-refractivity contribution in [3.8, 4) is 0 Å². The summed E-state index contributed by atoms with van der Waals surface area (Å²) in [6, 6.07) is 0. The minimum absolute atomic E-state index is 0.152. The molecule has 1 N–H and O–H groups in total. The first-order valence-corrected chi connectivity index (χ1v) is 9.78. The van der Waals surface area contributed by atoms with E-state index in [0.29, 0.717) is 11.3 Å². The van der Waals surface area contributed by atoms with Crippen molar-refractivity contribution >= 4 is 0 Å².